The molecule has 0 saturated heterocycles. The van der Waals surface area contributed by atoms with Crippen molar-refractivity contribution in [2.75, 3.05) is 13.7 Å². The third kappa shape index (κ3) is 8.48. The van der Waals surface area contributed by atoms with Crippen molar-refractivity contribution in [2.45, 2.75) is 104 Å². The van der Waals surface area contributed by atoms with E-state index in [1.54, 1.807) is 6.92 Å². The Labute approximate surface area is 226 Å². The number of nitrogens with zero attached hydrogens (tertiary/aromatic N) is 1. The Hall–Kier alpha value is -2.55. The Balaban J connectivity index is 1.74. The third-order valence-electron chi connectivity index (χ3n) is 7.98. The predicted molar refractivity (Wildman–Crippen MR) is 142 cm³/mol. The first-order chi connectivity index (χ1) is 18.0. The number of hydrogen-bond acceptors (Lipinski definition) is 7. The van der Waals surface area contributed by atoms with Crippen molar-refractivity contribution in [1.82, 2.24) is 15.8 Å². The van der Waals surface area contributed by atoms with Gasteiger partial charge in [0.15, 0.2) is 17.3 Å². The van der Waals surface area contributed by atoms with Crippen molar-refractivity contribution in [1.29, 1.82) is 0 Å². The van der Waals surface area contributed by atoms with E-state index in [-0.39, 0.29) is 47.5 Å². The van der Waals surface area contributed by atoms with E-state index in [9.17, 15) is 19.2 Å². The molecule has 9 heteroatoms. The van der Waals surface area contributed by atoms with Gasteiger partial charge < -0.3 is 19.9 Å². The highest BCUT2D eigenvalue weighted by molar-refractivity contribution is 5.98. The van der Waals surface area contributed by atoms with Gasteiger partial charge in [-0.1, -0.05) is 58.0 Å². The minimum Gasteiger partial charge on any atom is -0.382 e. The van der Waals surface area contributed by atoms with E-state index < -0.39 is 23.9 Å². The molecule has 3 rings (SSSR count). The lowest BCUT2D eigenvalue weighted by Crippen LogP contribution is -2.49. The zero-order valence-electron chi connectivity index (χ0n) is 23.6. The van der Waals surface area contributed by atoms with Crippen LogP contribution in [-0.2, 0) is 19.1 Å². The van der Waals surface area contributed by atoms with Gasteiger partial charge in [0.05, 0.1) is 12.6 Å². The van der Waals surface area contributed by atoms with Crippen molar-refractivity contribution in [2.24, 2.45) is 23.2 Å². The first-order valence-corrected chi connectivity index (χ1v) is 14.1. The maximum atomic E-state index is 13.7. The molecule has 0 radical (unpaired) electrons. The van der Waals surface area contributed by atoms with Crippen LogP contribution >= 0.6 is 0 Å². The van der Waals surface area contributed by atoms with Gasteiger partial charge in [-0.15, -0.1) is 0 Å². The van der Waals surface area contributed by atoms with Crippen LogP contribution in [0.25, 0.3) is 0 Å². The number of ether oxygens (including phenoxy) is 1. The van der Waals surface area contributed by atoms with Crippen LogP contribution in [-0.4, -0.2) is 54.3 Å². The van der Waals surface area contributed by atoms with Crippen LogP contribution in [0.4, 0.5) is 0 Å². The molecule has 212 valence electrons. The quantitative estimate of drug-likeness (QED) is 0.348. The summed E-state index contributed by atoms with van der Waals surface area (Å²) in [7, 11) is 1.46. The lowest BCUT2D eigenvalue weighted by atomic mass is 9.80. The fourth-order valence-electron chi connectivity index (χ4n) is 5.43. The summed E-state index contributed by atoms with van der Waals surface area (Å²) >= 11 is 0. The van der Waals surface area contributed by atoms with Gasteiger partial charge in [0.25, 0.3) is 5.91 Å². The van der Waals surface area contributed by atoms with Gasteiger partial charge in [-0.3, -0.25) is 19.2 Å². The zero-order valence-corrected chi connectivity index (χ0v) is 23.6. The number of carbonyl (C=O) groups excluding carboxylic acids is 4. The van der Waals surface area contributed by atoms with Crippen molar-refractivity contribution in [3.63, 3.8) is 0 Å². The number of methoxy groups -OCH3 is 1. The van der Waals surface area contributed by atoms with Crippen LogP contribution in [0.2, 0.25) is 0 Å². The molecular weight excluding hydrogens is 486 g/mol. The van der Waals surface area contributed by atoms with Gasteiger partial charge in [-0.05, 0) is 44.4 Å². The monoisotopic (exact) mass is 531 g/mol. The summed E-state index contributed by atoms with van der Waals surface area (Å²) in [6, 6.07) is 0.0170. The molecule has 0 bridgehead atoms. The summed E-state index contributed by atoms with van der Waals surface area (Å²) in [5.41, 5.74) is -0.272. The molecule has 1 aromatic heterocycles. The summed E-state index contributed by atoms with van der Waals surface area (Å²) in [5, 5.41) is 9.45. The number of aryl methyl sites for hydroxylation is 1. The summed E-state index contributed by atoms with van der Waals surface area (Å²) in [6.45, 7) is 7.70. The van der Waals surface area contributed by atoms with Gasteiger partial charge >= 0.3 is 0 Å². The molecule has 38 heavy (non-hydrogen) atoms. The largest absolute Gasteiger partial charge is 0.382 e. The summed E-state index contributed by atoms with van der Waals surface area (Å²) in [5.74, 6) is -0.461. The molecular formula is C29H45N3O6. The van der Waals surface area contributed by atoms with Crippen LogP contribution in [0.1, 0.15) is 101 Å². The Kier molecular flexibility index (Phi) is 10.7. The highest BCUT2D eigenvalue weighted by atomic mass is 16.5. The topological polar surface area (TPSA) is 128 Å². The molecule has 0 spiro atoms. The van der Waals surface area contributed by atoms with Crippen molar-refractivity contribution in [3.05, 3.63) is 17.5 Å². The van der Waals surface area contributed by atoms with Crippen LogP contribution in [0.5, 0.6) is 0 Å². The fourth-order valence-corrected chi connectivity index (χ4v) is 5.43. The third-order valence-corrected chi connectivity index (χ3v) is 7.98. The van der Waals surface area contributed by atoms with E-state index in [2.05, 4.69) is 15.8 Å². The predicted octanol–water partition coefficient (Wildman–Crippen LogP) is 4.17. The number of Topliss-reactive ketones (excluding diaryl/α,β-unsaturated/α-hetero) is 2. The molecule has 3 atom stereocenters. The van der Waals surface area contributed by atoms with Crippen molar-refractivity contribution >= 4 is 23.4 Å². The molecule has 2 saturated carbocycles. The summed E-state index contributed by atoms with van der Waals surface area (Å²) < 4.78 is 10.2. The van der Waals surface area contributed by atoms with Crippen LogP contribution in [0.3, 0.4) is 0 Å². The van der Waals surface area contributed by atoms with Crippen LogP contribution in [0, 0.1) is 30.1 Å². The highest BCUT2D eigenvalue weighted by Gasteiger charge is 2.48. The molecule has 9 nitrogen and oxygen atoms in total. The van der Waals surface area contributed by atoms with Gasteiger partial charge in [0.1, 0.15) is 11.8 Å². The second-order valence-electron chi connectivity index (χ2n) is 12.0. The molecule has 2 amide bonds. The number of ketones is 2. The second-order valence-corrected chi connectivity index (χ2v) is 12.0. The van der Waals surface area contributed by atoms with Crippen LogP contribution < -0.4 is 10.6 Å². The maximum absolute atomic E-state index is 13.7. The van der Waals surface area contributed by atoms with E-state index in [1.165, 1.54) is 19.6 Å². The Morgan fingerprint density at radius 3 is 2.34 bits per heavy atom. The van der Waals surface area contributed by atoms with E-state index >= 15 is 0 Å². The van der Waals surface area contributed by atoms with Crippen molar-refractivity contribution < 1.29 is 28.4 Å². The first kappa shape index (κ1) is 30.0. The smallest absolute Gasteiger partial charge is 0.274 e. The molecule has 0 unspecified atom stereocenters. The average Bonchev–Trinajstić information content (AvgIpc) is 3.48. The minimum absolute atomic E-state index is 0.0218. The summed E-state index contributed by atoms with van der Waals surface area (Å²) in [6.07, 6.45) is 8.35. The number of carbonyl (C=O) groups is 4. The number of nitrogens with one attached hydrogen (secondary N) is 2. The molecule has 2 aliphatic rings. The van der Waals surface area contributed by atoms with E-state index in [0.717, 1.165) is 38.5 Å². The molecule has 0 aromatic carbocycles. The van der Waals surface area contributed by atoms with Gasteiger partial charge in [0.2, 0.25) is 5.91 Å². The molecule has 0 aliphatic heterocycles. The SMILES string of the molecule is COC[C@H](NC(=O)c1cc(C)on1)C(=O)C[C@@H](CC1CCCCC1)C(=O)N[C@@H](CC(C)C)C(=O)C1(C)CC1. The molecule has 2 fully saturated rings. The molecule has 1 heterocycles. The number of rotatable bonds is 15. The Bertz CT molecular complexity index is 977. The second kappa shape index (κ2) is 13.5. The molecule has 1 aromatic rings. The fraction of sp³-hybridized carbons (Fsp3) is 0.759. The first-order valence-electron chi connectivity index (χ1n) is 14.1. The van der Waals surface area contributed by atoms with E-state index in [0.29, 0.717) is 24.5 Å². The normalized spacial score (nSPS) is 19.4. The van der Waals surface area contributed by atoms with Gasteiger partial charge in [-0.2, -0.15) is 0 Å². The van der Waals surface area contributed by atoms with E-state index in [4.69, 9.17) is 9.26 Å². The number of hydrogen-bond donors (Lipinski definition) is 2. The zero-order chi connectivity index (χ0) is 27.9. The minimum atomic E-state index is -0.926. The summed E-state index contributed by atoms with van der Waals surface area (Å²) in [4.78, 5) is 53.0. The molecule has 2 aliphatic carbocycles. The van der Waals surface area contributed by atoms with Crippen molar-refractivity contribution in [3.8, 4) is 0 Å². The highest BCUT2D eigenvalue weighted by Crippen LogP contribution is 2.47. The lowest BCUT2D eigenvalue weighted by molar-refractivity contribution is -0.135. The molecule has 2 N–H and O–H groups in total. The standard InChI is InChI=1S/C29H45N3O6/c1-18(2)13-22(26(34)29(4)11-12-29)30-27(35)21(15-20-9-7-6-8-10-20)16-25(33)24(17-37-5)31-28(36)23-14-19(3)38-32-23/h14,18,20-22,24H,6-13,15-17H2,1-5H3,(H,30,35)(H,31,36)/t21-,22+,24+/m1/s1. The maximum Gasteiger partial charge on any atom is 0.274 e. The lowest BCUT2D eigenvalue weighted by Gasteiger charge is -2.29. The Morgan fingerprint density at radius 2 is 1.79 bits per heavy atom. The van der Waals surface area contributed by atoms with Crippen LogP contribution in [0.15, 0.2) is 10.6 Å². The number of amides is 2. The number of aromatic nitrogens is 1. The average molecular weight is 532 g/mol. The Morgan fingerprint density at radius 1 is 1.11 bits per heavy atom. The van der Waals surface area contributed by atoms with E-state index in [1.807, 2.05) is 20.8 Å². The van der Waals surface area contributed by atoms with Gasteiger partial charge in [0, 0.05) is 30.9 Å². The van der Waals surface area contributed by atoms with Gasteiger partial charge in [-0.25, -0.2) is 0 Å².